The van der Waals surface area contributed by atoms with Crippen molar-refractivity contribution >= 4 is 5.91 Å². The molecule has 3 heteroatoms. The third-order valence-corrected chi connectivity index (χ3v) is 4.22. The van der Waals surface area contributed by atoms with E-state index >= 15 is 0 Å². The van der Waals surface area contributed by atoms with Gasteiger partial charge in [0.15, 0.2) is 0 Å². The predicted octanol–water partition coefficient (Wildman–Crippen LogP) is 1.78. The largest absolute Gasteiger partial charge is 0.354 e. The van der Waals surface area contributed by atoms with Crippen molar-refractivity contribution in [3.63, 3.8) is 0 Å². The average Bonchev–Trinajstić information content (AvgIpc) is 2.18. The minimum atomic E-state index is 0.128. The van der Waals surface area contributed by atoms with Crippen molar-refractivity contribution in [3.05, 3.63) is 0 Å². The minimum absolute atomic E-state index is 0.128. The van der Waals surface area contributed by atoms with E-state index in [0.29, 0.717) is 11.5 Å². The van der Waals surface area contributed by atoms with Gasteiger partial charge in [-0.25, -0.2) is 0 Å². The van der Waals surface area contributed by atoms with Crippen LogP contribution in [0, 0.1) is 5.41 Å². The van der Waals surface area contributed by atoms with E-state index in [2.05, 4.69) is 17.1 Å². The van der Waals surface area contributed by atoms with E-state index in [1.54, 1.807) is 6.92 Å². The maximum absolute atomic E-state index is 10.9. The maximum atomic E-state index is 10.9. The second-order valence-corrected chi connectivity index (χ2v) is 5.65. The molecule has 3 nitrogen and oxygen atoms in total. The molecule has 0 aromatic carbocycles. The number of piperidine rings is 1. The van der Waals surface area contributed by atoms with Crippen LogP contribution in [0.1, 0.15) is 46.0 Å². The van der Waals surface area contributed by atoms with E-state index in [4.69, 9.17) is 0 Å². The number of rotatable bonds is 3. The number of carbonyl (C=O) groups is 1. The molecule has 0 atom stereocenters. The van der Waals surface area contributed by atoms with Crippen LogP contribution in [0.2, 0.25) is 0 Å². The third kappa shape index (κ3) is 2.57. The summed E-state index contributed by atoms with van der Waals surface area (Å²) in [4.78, 5) is 13.5. The Labute approximate surface area is 98.6 Å². The van der Waals surface area contributed by atoms with Crippen LogP contribution < -0.4 is 5.32 Å². The molecule has 1 N–H and O–H groups in total. The zero-order valence-corrected chi connectivity index (χ0v) is 10.6. The monoisotopic (exact) mass is 224 g/mol. The van der Waals surface area contributed by atoms with Gasteiger partial charge in [-0.1, -0.05) is 6.92 Å². The molecule has 1 spiro atoms. The molecule has 0 aromatic heterocycles. The number of nitrogens with one attached hydrogen (secondary N) is 1. The van der Waals surface area contributed by atoms with E-state index in [9.17, 15) is 4.79 Å². The molecule has 0 aromatic rings. The number of likely N-dealkylation sites (tertiary alicyclic amines) is 1. The SMILES string of the molecule is CCCN1CCC2(CC1)CC(NC(C)=O)C2. The average molecular weight is 224 g/mol. The molecule has 1 aliphatic heterocycles. The van der Waals surface area contributed by atoms with Crippen LogP contribution >= 0.6 is 0 Å². The van der Waals surface area contributed by atoms with E-state index in [-0.39, 0.29) is 5.91 Å². The first-order valence-electron chi connectivity index (χ1n) is 6.63. The Morgan fingerprint density at radius 3 is 2.50 bits per heavy atom. The summed E-state index contributed by atoms with van der Waals surface area (Å²) in [7, 11) is 0. The topological polar surface area (TPSA) is 32.3 Å². The Kier molecular flexibility index (Phi) is 3.53. The summed E-state index contributed by atoms with van der Waals surface area (Å²) >= 11 is 0. The van der Waals surface area contributed by atoms with Crippen molar-refractivity contribution < 1.29 is 4.79 Å². The number of amides is 1. The van der Waals surface area contributed by atoms with Gasteiger partial charge in [-0.2, -0.15) is 0 Å². The lowest BCUT2D eigenvalue weighted by Gasteiger charge is -2.52. The molecule has 2 fully saturated rings. The molecule has 1 aliphatic carbocycles. The molecule has 0 radical (unpaired) electrons. The van der Waals surface area contributed by atoms with Gasteiger partial charge in [0.05, 0.1) is 0 Å². The molecule has 0 unspecified atom stereocenters. The second-order valence-electron chi connectivity index (χ2n) is 5.65. The van der Waals surface area contributed by atoms with Gasteiger partial charge >= 0.3 is 0 Å². The molecule has 0 bridgehead atoms. The van der Waals surface area contributed by atoms with Crippen LogP contribution in [-0.2, 0) is 4.79 Å². The highest BCUT2D eigenvalue weighted by molar-refractivity contribution is 5.73. The predicted molar refractivity (Wildman–Crippen MR) is 65.2 cm³/mol. The normalized spacial score (nSPS) is 25.4. The van der Waals surface area contributed by atoms with Gasteiger partial charge in [0.2, 0.25) is 5.91 Å². The van der Waals surface area contributed by atoms with Crippen molar-refractivity contribution in [2.45, 2.75) is 52.0 Å². The number of nitrogens with zero attached hydrogens (tertiary/aromatic N) is 1. The molecule has 2 aliphatic rings. The fraction of sp³-hybridized carbons (Fsp3) is 0.923. The smallest absolute Gasteiger partial charge is 0.217 e. The number of hydrogen-bond acceptors (Lipinski definition) is 2. The molecular weight excluding hydrogens is 200 g/mol. The quantitative estimate of drug-likeness (QED) is 0.792. The molecule has 1 heterocycles. The lowest BCUT2D eigenvalue weighted by molar-refractivity contribution is -0.121. The molecule has 92 valence electrons. The molecule has 1 amide bonds. The summed E-state index contributed by atoms with van der Waals surface area (Å²) in [5.74, 6) is 0.128. The minimum Gasteiger partial charge on any atom is -0.354 e. The number of hydrogen-bond donors (Lipinski definition) is 1. The summed E-state index contributed by atoms with van der Waals surface area (Å²) in [5, 5.41) is 3.03. The third-order valence-electron chi connectivity index (χ3n) is 4.22. The van der Waals surface area contributed by atoms with Crippen LogP contribution in [0.15, 0.2) is 0 Å². The van der Waals surface area contributed by atoms with Gasteiger partial charge < -0.3 is 10.2 Å². The zero-order chi connectivity index (χ0) is 11.6. The highest BCUT2D eigenvalue weighted by Crippen LogP contribution is 2.48. The maximum Gasteiger partial charge on any atom is 0.217 e. The van der Waals surface area contributed by atoms with E-state index in [0.717, 1.165) is 0 Å². The first kappa shape index (κ1) is 11.9. The summed E-state index contributed by atoms with van der Waals surface area (Å²) in [5.41, 5.74) is 0.581. The fourth-order valence-corrected chi connectivity index (χ4v) is 3.35. The van der Waals surface area contributed by atoms with Gasteiger partial charge in [-0.15, -0.1) is 0 Å². The van der Waals surface area contributed by atoms with E-state index in [1.165, 1.54) is 51.7 Å². The highest BCUT2D eigenvalue weighted by atomic mass is 16.1. The summed E-state index contributed by atoms with van der Waals surface area (Å²) in [6, 6.07) is 0.468. The van der Waals surface area contributed by atoms with Crippen molar-refractivity contribution in [1.82, 2.24) is 10.2 Å². The lowest BCUT2D eigenvalue weighted by Crippen LogP contribution is -2.54. The van der Waals surface area contributed by atoms with Crippen molar-refractivity contribution in [1.29, 1.82) is 0 Å². The summed E-state index contributed by atoms with van der Waals surface area (Å²) in [6.45, 7) is 7.65. The number of carbonyl (C=O) groups excluding carboxylic acids is 1. The molecule has 1 saturated heterocycles. The van der Waals surface area contributed by atoms with Crippen LogP contribution in [0.25, 0.3) is 0 Å². The Morgan fingerprint density at radius 1 is 1.38 bits per heavy atom. The Bertz CT molecular complexity index is 249. The summed E-state index contributed by atoms with van der Waals surface area (Å²) in [6.07, 6.45) is 6.37. The van der Waals surface area contributed by atoms with Gasteiger partial charge in [-0.3, -0.25) is 4.79 Å². The first-order chi connectivity index (χ1) is 7.63. The zero-order valence-electron chi connectivity index (χ0n) is 10.6. The van der Waals surface area contributed by atoms with Crippen LogP contribution in [0.4, 0.5) is 0 Å². The molecule has 2 rings (SSSR count). The standard InChI is InChI=1S/C13H24N2O/c1-3-6-15-7-4-13(5-8-15)9-12(10-13)14-11(2)16/h12H,3-10H2,1-2H3,(H,14,16). The summed E-state index contributed by atoms with van der Waals surface area (Å²) < 4.78 is 0. The van der Waals surface area contributed by atoms with Crippen LogP contribution in [0.5, 0.6) is 0 Å². The molecule has 1 saturated carbocycles. The van der Waals surface area contributed by atoms with Gasteiger partial charge in [0, 0.05) is 13.0 Å². The molecule has 16 heavy (non-hydrogen) atoms. The van der Waals surface area contributed by atoms with Gasteiger partial charge in [0.1, 0.15) is 0 Å². The Hall–Kier alpha value is -0.570. The lowest BCUT2D eigenvalue weighted by atomic mass is 9.60. The first-order valence-corrected chi connectivity index (χ1v) is 6.63. The van der Waals surface area contributed by atoms with E-state index in [1.807, 2.05) is 0 Å². The van der Waals surface area contributed by atoms with Crippen molar-refractivity contribution in [2.75, 3.05) is 19.6 Å². The fourth-order valence-electron chi connectivity index (χ4n) is 3.35. The van der Waals surface area contributed by atoms with E-state index < -0.39 is 0 Å². The van der Waals surface area contributed by atoms with Gasteiger partial charge in [0.25, 0.3) is 0 Å². The van der Waals surface area contributed by atoms with Crippen molar-refractivity contribution in [2.24, 2.45) is 5.41 Å². The van der Waals surface area contributed by atoms with Crippen LogP contribution in [-0.4, -0.2) is 36.5 Å². The Balaban J connectivity index is 1.72. The van der Waals surface area contributed by atoms with Gasteiger partial charge in [-0.05, 0) is 57.2 Å². The second kappa shape index (κ2) is 4.74. The highest BCUT2D eigenvalue weighted by Gasteiger charge is 2.45. The van der Waals surface area contributed by atoms with Crippen molar-refractivity contribution in [3.8, 4) is 0 Å². The Morgan fingerprint density at radius 2 is 2.00 bits per heavy atom. The molecular formula is C13H24N2O. The van der Waals surface area contributed by atoms with Crippen LogP contribution in [0.3, 0.4) is 0 Å².